The van der Waals surface area contributed by atoms with Gasteiger partial charge in [0, 0.05) is 6.42 Å². The summed E-state index contributed by atoms with van der Waals surface area (Å²) in [6.07, 6.45) is -4.38. The van der Waals surface area contributed by atoms with E-state index in [4.69, 9.17) is 4.52 Å². The van der Waals surface area contributed by atoms with Crippen LogP contribution in [0.1, 0.15) is 5.82 Å². The molecule has 0 atom stereocenters. The van der Waals surface area contributed by atoms with E-state index in [2.05, 4.69) is 14.9 Å². The van der Waals surface area contributed by atoms with E-state index in [1.165, 1.54) is 18.2 Å². The van der Waals surface area contributed by atoms with Crippen molar-refractivity contribution in [2.75, 3.05) is 13.2 Å². The second-order valence-corrected chi connectivity index (χ2v) is 4.10. The molecule has 21 heavy (non-hydrogen) atoms. The molecule has 0 radical (unpaired) electrons. The van der Waals surface area contributed by atoms with Crippen LogP contribution in [0.4, 0.5) is 13.2 Å². The zero-order valence-electron chi connectivity index (χ0n) is 10.6. The van der Waals surface area contributed by atoms with Gasteiger partial charge in [-0.1, -0.05) is 11.2 Å². The van der Waals surface area contributed by atoms with Crippen molar-refractivity contribution in [3.8, 4) is 23.0 Å². The minimum Gasteiger partial charge on any atom is -0.507 e. The van der Waals surface area contributed by atoms with Crippen LogP contribution in [0.5, 0.6) is 11.5 Å². The molecule has 0 unspecified atom stereocenters. The highest BCUT2D eigenvalue weighted by Gasteiger charge is 2.27. The SMILES string of the molecule is Oc1cccc(O)c1-c1nc(CCOCC(F)(F)F)no1. The Labute approximate surface area is 116 Å². The van der Waals surface area contributed by atoms with Gasteiger partial charge in [-0.05, 0) is 12.1 Å². The minimum absolute atomic E-state index is 0.00787. The van der Waals surface area contributed by atoms with Gasteiger partial charge in [0.2, 0.25) is 0 Å². The van der Waals surface area contributed by atoms with Gasteiger partial charge in [-0.3, -0.25) is 0 Å². The molecule has 0 saturated heterocycles. The molecule has 0 aliphatic rings. The van der Waals surface area contributed by atoms with E-state index < -0.39 is 12.8 Å². The Bertz CT molecular complexity index is 593. The number of rotatable bonds is 5. The van der Waals surface area contributed by atoms with Crippen molar-refractivity contribution in [2.24, 2.45) is 0 Å². The first kappa shape index (κ1) is 15.1. The van der Waals surface area contributed by atoms with Crippen LogP contribution in [0.15, 0.2) is 22.7 Å². The summed E-state index contributed by atoms with van der Waals surface area (Å²) in [7, 11) is 0. The van der Waals surface area contributed by atoms with Crippen LogP contribution < -0.4 is 0 Å². The van der Waals surface area contributed by atoms with Crippen molar-refractivity contribution >= 4 is 0 Å². The third kappa shape index (κ3) is 4.09. The van der Waals surface area contributed by atoms with Crippen LogP contribution >= 0.6 is 0 Å². The summed E-state index contributed by atoms with van der Waals surface area (Å²) in [5.74, 6) is -0.525. The van der Waals surface area contributed by atoms with Crippen LogP contribution in [0.2, 0.25) is 0 Å². The first-order valence-electron chi connectivity index (χ1n) is 5.85. The highest BCUT2D eigenvalue weighted by Crippen LogP contribution is 2.35. The third-order valence-corrected chi connectivity index (χ3v) is 2.44. The first-order chi connectivity index (χ1) is 9.87. The van der Waals surface area contributed by atoms with Crippen molar-refractivity contribution in [1.82, 2.24) is 10.1 Å². The summed E-state index contributed by atoms with van der Waals surface area (Å²) in [4.78, 5) is 3.88. The molecule has 9 heteroatoms. The number of nitrogens with zero attached hydrogens (tertiary/aromatic N) is 2. The van der Waals surface area contributed by atoms with Gasteiger partial charge in [0.25, 0.3) is 5.89 Å². The molecule has 2 rings (SSSR count). The lowest BCUT2D eigenvalue weighted by Gasteiger charge is -2.05. The van der Waals surface area contributed by atoms with Crippen molar-refractivity contribution in [2.45, 2.75) is 12.6 Å². The maximum atomic E-state index is 11.9. The zero-order chi connectivity index (χ0) is 15.5. The molecule has 0 aliphatic carbocycles. The number of aromatic nitrogens is 2. The summed E-state index contributed by atoms with van der Waals surface area (Å²) in [5, 5.41) is 22.8. The molecule has 0 fully saturated rings. The topological polar surface area (TPSA) is 88.6 Å². The molecule has 2 aromatic rings. The van der Waals surface area contributed by atoms with Gasteiger partial charge in [-0.15, -0.1) is 0 Å². The number of aromatic hydroxyl groups is 2. The largest absolute Gasteiger partial charge is 0.507 e. The number of hydrogen-bond acceptors (Lipinski definition) is 6. The molecule has 0 aliphatic heterocycles. The van der Waals surface area contributed by atoms with E-state index in [0.29, 0.717) is 0 Å². The second-order valence-electron chi connectivity index (χ2n) is 4.10. The standard InChI is InChI=1S/C12H11F3N2O4/c13-12(14,15)6-20-5-4-9-16-11(21-17-9)10-7(18)2-1-3-8(10)19/h1-3,18-19H,4-6H2. The van der Waals surface area contributed by atoms with Gasteiger partial charge >= 0.3 is 6.18 Å². The summed E-state index contributed by atoms with van der Waals surface area (Å²) in [6.45, 7) is -1.58. The summed E-state index contributed by atoms with van der Waals surface area (Å²) in [6, 6.07) is 4.08. The quantitative estimate of drug-likeness (QED) is 0.824. The molecule has 0 bridgehead atoms. The average Bonchev–Trinajstić information content (AvgIpc) is 2.82. The Morgan fingerprint density at radius 1 is 1.19 bits per heavy atom. The second kappa shape index (κ2) is 6.00. The Balaban J connectivity index is 1.99. The molecule has 0 amide bonds. The lowest BCUT2D eigenvalue weighted by Crippen LogP contribution is -2.18. The Hall–Kier alpha value is -2.29. The van der Waals surface area contributed by atoms with E-state index in [1.54, 1.807) is 0 Å². The van der Waals surface area contributed by atoms with Crippen LogP contribution in [-0.4, -0.2) is 39.7 Å². The van der Waals surface area contributed by atoms with Crippen LogP contribution in [0, 0.1) is 0 Å². The first-order valence-corrected chi connectivity index (χ1v) is 5.85. The summed E-state index contributed by atoms with van der Waals surface area (Å²) in [5.41, 5.74) is -0.0348. The van der Waals surface area contributed by atoms with Crippen LogP contribution in [0.3, 0.4) is 0 Å². The molecule has 2 N–H and O–H groups in total. The van der Waals surface area contributed by atoms with Crippen LogP contribution in [-0.2, 0) is 11.2 Å². The summed E-state index contributed by atoms with van der Waals surface area (Å²) >= 11 is 0. The minimum atomic E-state index is -4.38. The van der Waals surface area contributed by atoms with Crippen molar-refractivity contribution < 1.29 is 32.6 Å². The maximum absolute atomic E-state index is 11.9. The fourth-order valence-corrected chi connectivity index (χ4v) is 1.56. The Kier molecular flexibility index (Phi) is 4.32. The van der Waals surface area contributed by atoms with Crippen molar-refractivity contribution in [3.05, 3.63) is 24.0 Å². The molecule has 0 spiro atoms. The lowest BCUT2D eigenvalue weighted by atomic mass is 10.2. The molecule has 6 nitrogen and oxygen atoms in total. The third-order valence-electron chi connectivity index (χ3n) is 2.44. The maximum Gasteiger partial charge on any atom is 0.411 e. The molecule has 1 aromatic carbocycles. The predicted molar refractivity (Wildman–Crippen MR) is 63.6 cm³/mol. The number of hydrogen-bond donors (Lipinski definition) is 2. The number of phenols is 2. The van der Waals surface area contributed by atoms with Crippen LogP contribution in [0.25, 0.3) is 11.5 Å². The Morgan fingerprint density at radius 2 is 1.86 bits per heavy atom. The van der Waals surface area contributed by atoms with Gasteiger partial charge in [0.1, 0.15) is 23.7 Å². The van der Waals surface area contributed by atoms with Crippen molar-refractivity contribution in [3.63, 3.8) is 0 Å². The van der Waals surface area contributed by atoms with E-state index in [9.17, 15) is 23.4 Å². The summed E-state index contributed by atoms with van der Waals surface area (Å²) < 4.78 is 44.9. The Morgan fingerprint density at radius 3 is 2.48 bits per heavy atom. The van der Waals surface area contributed by atoms with E-state index >= 15 is 0 Å². The lowest BCUT2D eigenvalue weighted by molar-refractivity contribution is -0.173. The highest BCUT2D eigenvalue weighted by molar-refractivity contribution is 5.69. The fraction of sp³-hybridized carbons (Fsp3) is 0.333. The van der Waals surface area contributed by atoms with Gasteiger partial charge < -0.3 is 19.5 Å². The monoisotopic (exact) mass is 304 g/mol. The number of ether oxygens (including phenoxy) is 1. The highest BCUT2D eigenvalue weighted by atomic mass is 19.4. The van der Waals surface area contributed by atoms with Gasteiger partial charge in [-0.2, -0.15) is 18.2 Å². The van der Waals surface area contributed by atoms with E-state index in [-0.39, 0.29) is 41.8 Å². The zero-order valence-corrected chi connectivity index (χ0v) is 10.6. The number of halogens is 3. The van der Waals surface area contributed by atoms with E-state index in [1.807, 2.05) is 0 Å². The molecule has 1 heterocycles. The average molecular weight is 304 g/mol. The molecule has 114 valence electrons. The molecular weight excluding hydrogens is 293 g/mol. The molecule has 1 aromatic heterocycles. The van der Waals surface area contributed by atoms with E-state index in [0.717, 1.165) is 0 Å². The normalized spacial score (nSPS) is 11.8. The number of benzene rings is 1. The number of phenolic OH excluding ortho intramolecular Hbond substituents is 2. The van der Waals surface area contributed by atoms with Gasteiger partial charge in [0.05, 0.1) is 6.61 Å². The molecular formula is C12H11F3N2O4. The smallest absolute Gasteiger partial charge is 0.411 e. The van der Waals surface area contributed by atoms with Gasteiger partial charge in [0.15, 0.2) is 5.82 Å². The number of alkyl halides is 3. The predicted octanol–water partition coefficient (Wildman–Crippen LogP) is 2.27. The molecule has 0 saturated carbocycles. The fourth-order valence-electron chi connectivity index (χ4n) is 1.56. The van der Waals surface area contributed by atoms with Crippen molar-refractivity contribution in [1.29, 1.82) is 0 Å². The van der Waals surface area contributed by atoms with Gasteiger partial charge in [-0.25, -0.2) is 0 Å².